The fraction of sp³-hybridized carbons (Fsp3) is 0.857. The lowest BCUT2D eigenvalue weighted by atomic mass is 10.1. The molecule has 0 saturated carbocycles. The maximum absolute atomic E-state index is 11.4. The molecule has 1 saturated heterocycles. The first-order valence-corrected chi connectivity index (χ1v) is 7.44. The zero-order chi connectivity index (χ0) is 12.5. The summed E-state index contributed by atoms with van der Waals surface area (Å²) < 4.78 is 0. The predicted molar refractivity (Wildman–Crippen MR) is 76.4 cm³/mol. The van der Waals surface area contributed by atoms with Gasteiger partial charge in [-0.3, -0.25) is 4.79 Å². The second kappa shape index (κ2) is 8.62. The molecule has 0 amide bonds. The number of carbonyl (C=O) groups excluding carboxylic acids is 1. The summed E-state index contributed by atoms with van der Waals surface area (Å²) >= 11 is 5.32. The van der Waals surface area contributed by atoms with Crippen LogP contribution in [-0.2, 0) is 4.79 Å². The van der Waals surface area contributed by atoms with Gasteiger partial charge in [0.2, 0.25) is 0 Å². The summed E-state index contributed by atoms with van der Waals surface area (Å²) in [6, 6.07) is 0. The first-order valence-electron chi connectivity index (χ1n) is 7.03. The summed E-state index contributed by atoms with van der Waals surface area (Å²) in [5.41, 5.74) is 0. The number of carbonyl (C=O) groups is 1. The van der Waals surface area contributed by atoms with E-state index in [0.717, 1.165) is 24.5 Å². The Balaban J connectivity index is 2.13. The lowest BCUT2D eigenvalue weighted by Gasteiger charge is -2.22. The van der Waals surface area contributed by atoms with Gasteiger partial charge in [0.25, 0.3) is 0 Å². The Morgan fingerprint density at radius 3 is 2.65 bits per heavy atom. The normalized spacial score (nSPS) is 17.4. The Morgan fingerprint density at radius 1 is 1.18 bits per heavy atom. The lowest BCUT2D eigenvalue weighted by molar-refractivity contribution is -0.117. The summed E-state index contributed by atoms with van der Waals surface area (Å²) in [4.78, 5) is 14.5. The second-order valence-electron chi connectivity index (χ2n) is 4.97. The minimum Gasteiger partial charge on any atom is -0.366 e. The molecule has 0 aromatic rings. The first kappa shape index (κ1) is 14.6. The molecule has 1 rings (SSSR count). The summed E-state index contributed by atoms with van der Waals surface area (Å²) in [7, 11) is 0. The molecule has 0 unspecified atom stereocenters. The van der Waals surface area contributed by atoms with Crippen molar-refractivity contribution in [2.45, 2.75) is 64.7 Å². The molecule has 0 aliphatic carbocycles. The van der Waals surface area contributed by atoms with Gasteiger partial charge in [0.15, 0.2) is 0 Å². The van der Waals surface area contributed by atoms with Crippen LogP contribution in [0.2, 0.25) is 0 Å². The molecule has 0 N–H and O–H groups in total. The molecule has 0 bridgehead atoms. The molecule has 0 aromatic carbocycles. The van der Waals surface area contributed by atoms with Gasteiger partial charge in [-0.05, 0) is 12.8 Å². The fourth-order valence-corrected chi connectivity index (χ4v) is 2.62. The van der Waals surface area contributed by atoms with Gasteiger partial charge in [-0.2, -0.15) is 0 Å². The molecule has 0 atom stereocenters. The highest BCUT2D eigenvalue weighted by molar-refractivity contribution is 7.80. The smallest absolute Gasteiger partial charge is 0.139 e. The van der Waals surface area contributed by atoms with Crippen LogP contribution < -0.4 is 0 Å². The Hall–Kier alpha value is -0.440. The minimum absolute atomic E-state index is 0.320. The lowest BCUT2D eigenvalue weighted by Crippen LogP contribution is -2.30. The van der Waals surface area contributed by atoms with Gasteiger partial charge < -0.3 is 4.90 Å². The third-order valence-electron chi connectivity index (χ3n) is 3.37. The van der Waals surface area contributed by atoms with Crippen molar-refractivity contribution in [2.24, 2.45) is 0 Å². The summed E-state index contributed by atoms with van der Waals surface area (Å²) in [6.45, 7) is 4.28. The van der Waals surface area contributed by atoms with Gasteiger partial charge in [-0.15, -0.1) is 0 Å². The number of hydrogen-bond acceptors (Lipinski definition) is 2. The van der Waals surface area contributed by atoms with Crippen LogP contribution >= 0.6 is 12.2 Å². The topological polar surface area (TPSA) is 20.3 Å². The summed E-state index contributed by atoms with van der Waals surface area (Å²) in [5.74, 6) is 0.320. The molecule has 1 aliphatic rings. The highest BCUT2D eigenvalue weighted by Crippen LogP contribution is 2.12. The van der Waals surface area contributed by atoms with Crippen molar-refractivity contribution in [3.8, 4) is 0 Å². The van der Waals surface area contributed by atoms with E-state index in [9.17, 15) is 4.79 Å². The second-order valence-corrected chi connectivity index (χ2v) is 5.44. The van der Waals surface area contributed by atoms with E-state index in [2.05, 4.69) is 11.8 Å². The number of thiocarbonyl (C=S) groups is 1. The molecule has 0 aromatic heterocycles. The van der Waals surface area contributed by atoms with Gasteiger partial charge in [0.1, 0.15) is 5.78 Å². The van der Waals surface area contributed by atoms with Gasteiger partial charge in [0.05, 0.1) is 11.4 Å². The van der Waals surface area contributed by atoms with E-state index in [-0.39, 0.29) is 0 Å². The number of Topliss-reactive ketones (excluding diaryl/α,β-unsaturated/α-hetero) is 1. The highest BCUT2D eigenvalue weighted by atomic mass is 32.1. The van der Waals surface area contributed by atoms with Crippen molar-refractivity contribution in [1.29, 1.82) is 0 Å². The molecule has 17 heavy (non-hydrogen) atoms. The van der Waals surface area contributed by atoms with Crippen molar-refractivity contribution >= 4 is 23.0 Å². The molecular formula is C14H25NOS. The van der Waals surface area contributed by atoms with E-state index >= 15 is 0 Å². The molecule has 2 nitrogen and oxygen atoms in total. The third kappa shape index (κ3) is 6.16. The first-order chi connectivity index (χ1) is 8.24. The van der Waals surface area contributed by atoms with Crippen LogP contribution in [0.15, 0.2) is 0 Å². The zero-order valence-electron chi connectivity index (χ0n) is 11.0. The van der Waals surface area contributed by atoms with Crippen molar-refractivity contribution in [1.82, 2.24) is 4.90 Å². The van der Waals surface area contributed by atoms with Crippen molar-refractivity contribution in [2.75, 3.05) is 13.1 Å². The van der Waals surface area contributed by atoms with Gasteiger partial charge in [-0.25, -0.2) is 0 Å². The molecule has 98 valence electrons. The van der Waals surface area contributed by atoms with E-state index in [1.807, 2.05) is 0 Å². The number of unbranched alkanes of at least 4 members (excludes halogenated alkanes) is 5. The van der Waals surface area contributed by atoms with Crippen molar-refractivity contribution < 1.29 is 4.79 Å². The van der Waals surface area contributed by atoms with Crippen LogP contribution in [-0.4, -0.2) is 28.8 Å². The van der Waals surface area contributed by atoms with E-state index < -0.39 is 0 Å². The molecule has 1 aliphatic heterocycles. The largest absolute Gasteiger partial charge is 0.366 e. The Bertz CT molecular complexity index is 253. The average molecular weight is 255 g/mol. The molecule has 0 spiro atoms. The van der Waals surface area contributed by atoms with E-state index in [0.29, 0.717) is 18.6 Å². The van der Waals surface area contributed by atoms with Gasteiger partial charge in [-0.1, -0.05) is 51.2 Å². The van der Waals surface area contributed by atoms with Crippen LogP contribution in [0.3, 0.4) is 0 Å². The predicted octanol–water partition coefficient (Wildman–Crippen LogP) is 3.73. The zero-order valence-corrected chi connectivity index (χ0v) is 11.9. The van der Waals surface area contributed by atoms with Crippen LogP contribution in [0.25, 0.3) is 0 Å². The van der Waals surface area contributed by atoms with Gasteiger partial charge >= 0.3 is 0 Å². The molecular weight excluding hydrogens is 230 g/mol. The summed E-state index contributed by atoms with van der Waals surface area (Å²) in [6.07, 6.45) is 10.1. The molecule has 0 radical (unpaired) electrons. The van der Waals surface area contributed by atoms with Crippen LogP contribution in [0.1, 0.15) is 64.7 Å². The number of ketones is 1. The van der Waals surface area contributed by atoms with Gasteiger partial charge in [0, 0.05) is 19.5 Å². The van der Waals surface area contributed by atoms with Crippen molar-refractivity contribution in [3.05, 3.63) is 0 Å². The maximum Gasteiger partial charge on any atom is 0.139 e. The average Bonchev–Trinajstić information content (AvgIpc) is 2.45. The van der Waals surface area contributed by atoms with Crippen LogP contribution in [0, 0.1) is 0 Å². The Kier molecular flexibility index (Phi) is 7.41. The number of hydrogen-bond donors (Lipinski definition) is 0. The number of nitrogens with zero attached hydrogens (tertiary/aromatic N) is 1. The number of rotatable bonds is 7. The van der Waals surface area contributed by atoms with E-state index in [4.69, 9.17) is 12.2 Å². The van der Waals surface area contributed by atoms with Crippen LogP contribution in [0.5, 0.6) is 0 Å². The quantitative estimate of drug-likeness (QED) is 0.511. The molecule has 1 heterocycles. The third-order valence-corrected chi connectivity index (χ3v) is 3.77. The maximum atomic E-state index is 11.4. The van der Waals surface area contributed by atoms with Crippen LogP contribution in [0.4, 0.5) is 0 Å². The van der Waals surface area contributed by atoms with E-state index in [1.165, 1.54) is 38.5 Å². The van der Waals surface area contributed by atoms with Crippen molar-refractivity contribution in [3.63, 3.8) is 0 Å². The van der Waals surface area contributed by atoms with E-state index in [1.54, 1.807) is 0 Å². The SMILES string of the molecule is CCCCCCCCN1CCCC(=O)CC1=S. The molecule has 1 fully saturated rings. The molecule has 3 heteroatoms. The standard InChI is InChI=1S/C14H25NOS/c1-2-3-4-5-6-7-10-15-11-8-9-13(16)12-14(15)17/h2-12H2,1H3. The Morgan fingerprint density at radius 2 is 1.88 bits per heavy atom. The number of likely N-dealkylation sites (tertiary alicyclic amines) is 1. The Labute approximate surface area is 111 Å². The fourth-order valence-electron chi connectivity index (χ4n) is 2.28. The minimum atomic E-state index is 0.320. The highest BCUT2D eigenvalue weighted by Gasteiger charge is 2.17. The monoisotopic (exact) mass is 255 g/mol. The summed E-state index contributed by atoms with van der Waals surface area (Å²) in [5, 5.41) is 0.